The summed E-state index contributed by atoms with van der Waals surface area (Å²) in [5.41, 5.74) is 5.29. The number of aliphatic hydroxyl groups is 1. The maximum absolute atomic E-state index is 13.5. The summed E-state index contributed by atoms with van der Waals surface area (Å²) >= 11 is 2.21. The van der Waals surface area contributed by atoms with Crippen LogP contribution >= 0.6 is 15.9 Å². The van der Waals surface area contributed by atoms with Crippen LogP contribution in [-0.4, -0.2) is 38.0 Å². The zero-order chi connectivity index (χ0) is 27.0. The van der Waals surface area contributed by atoms with Gasteiger partial charge in [0.1, 0.15) is 4.75 Å². The lowest BCUT2D eigenvalue weighted by Gasteiger charge is -2.33. The van der Waals surface area contributed by atoms with E-state index in [-0.39, 0.29) is 25.3 Å². The molecule has 0 saturated carbocycles. The Balaban J connectivity index is 1.50. The fourth-order valence-corrected chi connectivity index (χ4v) is 6.60. The Morgan fingerprint density at radius 3 is 2.58 bits per heavy atom. The summed E-state index contributed by atoms with van der Waals surface area (Å²) in [5.74, 6) is 1.18. The predicted octanol–water partition coefficient (Wildman–Crippen LogP) is 5.48. The van der Waals surface area contributed by atoms with Gasteiger partial charge in [-0.15, -0.1) is 4.31 Å². The molecule has 7 nitrogen and oxygen atoms in total. The number of aliphatic hydroxyl groups excluding tert-OH is 1. The molecule has 0 aromatic heterocycles. The van der Waals surface area contributed by atoms with Gasteiger partial charge in [-0.3, -0.25) is 4.79 Å². The molecule has 5 rings (SSSR count). The maximum Gasteiger partial charge on any atom is 0.251 e. The van der Waals surface area contributed by atoms with Crippen LogP contribution in [0.25, 0.3) is 11.1 Å². The molecular formula is C29H31BrN2O5S. The Bertz CT molecular complexity index is 1340. The van der Waals surface area contributed by atoms with Crippen LogP contribution in [0.3, 0.4) is 0 Å². The molecule has 2 aliphatic rings. The highest BCUT2D eigenvalue weighted by Crippen LogP contribution is 2.46. The van der Waals surface area contributed by atoms with E-state index in [1.54, 1.807) is 0 Å². The van der Waals surface area contributed by atoms with Crippen molar-refractivity contribution in [3.05, 3.63) is 81.3 Å². The average molecular weight is 600 g/mol. The van der Waals surface area contributed by atoms with Crippen molar-refractivity contribution in [2.75, 3.05) is 13.4 Å². The van der Waals surface area contributed by atoms with Gasteiger partial charge in [0, 0.05) is 34.5 Å². The van der Waals surface area contributed by atoms with Crippen LogP contribution in [0.15, 0.2) is 59.1 Å². The van der Waals surface area contributed by atoms with Crippen LogP contribution in [0.5, 0.6) is 11.5 Å². The number of carbonyl (C=O) groups excluding carboxylic acids is 1. The SMILES string of the molecule is CC(C)(C)[S+]([O-])N1Cc2cc(C(=O)NCc3ccc4c(c3)OCO4)cc(-c3ccc(Br)cc3)c2[C@H]1CCO. The van der Waals surface area contributed by atoms with Crippen LogP contribution in [0.4, 0.5) is 0 Å². The summed E-state index contributed by atoms with van der Waals surface area (Å²) in [7, 11) is 0. The van der Waals surface area contributed by atoms with Gasteiger partial charge >= 0.3 is 0 Å². The first-order chi connectivity index (χ1) is 18.2. The monoisotopic (exact) mass is 598 g/mol. The van der Waals surface area contributed by atoms with Gasteiger partial charge in [-0.2, -0.15) is 0 Å². The van der Waals surface area contributed by atoms with Crippen LogP contribution in [0.2, 0.25) is 0 Å². The normalized spacial score (nSPS) is 17.4. The summed E-state index contributed by atoms with van der Waals surface area (Å²) in [6.45, 7) is 6.81. The standard InChI is InChI=1S/C29H31BrN2O5S/c1-29(2,3)38(35)32-16-21-13-20(28(34)31-15-18-4-9-25-26(12-18)37-17-36-25)14-23(27(21)24(32)10-11-33)19-5-7-22(30)8-6-19/h4-9,12-14,24,33H,10-11,15-17H2,1-3H3,(H,31,34)/t24-,38?/m1/s1. The minimum Gasteiger partial charge on any atom is -0.597 e. The lowest BCUT2D eigenvalue weighted by molar-refractivity contribution is 0.0950. The lowest BCUT2D eigenvalue weighted by Crippen LogP contribution is -2.42. The zero-order valence-electron chi connectivity index (χ0n) is 21.6. The van der Waals surface area contributed by atoms with Gasteiger partial charge in [0.15, 0.2) is 11.5 Å². The molecular weight excluding hydrogens is 568 g/mol. The van der Waals surface area contributed by atoms with Gasteiger partial charge in [-0.25, -0.2) is 0 Å². The quantitative estimate of drug-likeness (QED) is 0.350. The highest BCUT2D eigenvalue weighted by atomic mass is 79.9. The largest absolute Gasteiger partial charge is 0.597 e. The Morgan fingerprint density at radius 2 is 1.87 bits per heavy atom. The molecule has 2 aliphatic heterocycles. The summed E-state index contributed by atoms with van der Waals surface area (Å²) < 4.78 is 26.8. The number of carbonyl (C=O) groups is 1. The Labute approximate surface area is 234 Å². The Kier molecular flexibility index (Phi) is 7.75. The number of amides is 1. The van der Waals surface area contributed by atoms with E-state index in [0.717, 1.165) is 32.3 Å². The molecule has 0 aliphatic carbocycles. The van der Waals surface area contributed by atoms with Crippen molar-refractivity contribution in [1.82, 2.24) is 9.62 Å². The summed E-state index contributed by atoms with van der Waals surface area (Å²) in [6.07, 6.45) is 0.452. The third-order valence-electron chi connectivity index (χ3n) is 6.72. The fourth-order valence-electron chi connectivity index (χ4n) is 4.93. The van der Waals surface area contributed by atoms with Crippen LogP contribution in [-0.2, 0) is 24.5 Å². The van der Waals surface area contributed by atoms with E-state index in [1.807, 2.05) is 79.7 Å². The van der Waals surface area contributed by atoms with Gasteiger partial charge in [0.25, 0.3) is 5.91 Å². The third kappa shape index (κ3) is 5.44. The van der Waals surface area contributed by atoms with Gasteiger partial charge < -0.3 is 24.4 Å². The molecule has 0 fully saturated rings. The first-order valence-corrected chi connectivity index (χ1v) is 14.4. The van der Waals surface area contributed by atoms with Crippen LogP contribution in [0, 0.1) is 0 Å². The fraction of sp³-hybridized carbons (Fsp3) is 0.345. The molecule has 0 radical (unpaired) electrons. The van der Waals surface area contributed by atoms with Gasteiger partial charge in [-0.05, 0) is 91.4 Å². The van der Waals surface area contributed by atoms with Crippen molar-refractivity contribution in [2.45, 2.75) is 51.1 Å². The van der Waals surface area contributed by atoms with E-state index in [2.05, 4.69) is 21.2 Å². The first-order valence-electron chi connectivity index (χ1n) is 12.5. The number of hydrogen-bond donors (Lipinski definition) is 2. The number of hydrogen-bond acceptors (Lipinski definition) is 6. The number of nitrogens with zero attached hydrogens (tertiary/aromatic N) is 1. The molecule has 0 spiro atoms. The molecule has 2 atom stereocenters. The minimum absolute atomic E-state index is 0.0283. The minimum atomic E-state index is -1.29. The second-order valence-electron chi connectivity index (χ2n) is 10.4. The van der Waals surface area contributed by atoms with Crippen molar-refractivity contribution >= 4 is 33.2 Å². The van der Waals surface area contributed by atoms with Crippen LogP contribution < -0.4 is 14.8 Å². The molecule has 1 amide bonds. The maximum atomic E-state index is 13.5. The second-order valence-corrected chi connectivity index (χ2v) is 13.5. The molecule has 0 saturated heterocycles. The number of benzene rings is 3. The highest BCUT2D eigenvalue weighted by Gasteiger charge is 2.44. The first kappa shape index (κ1) is 27.0. The van der Waals surface area contributed by atoms with Crippen molar-refractivity contribution in [3.63, 3.8) is 0 Å². The molecule has 1 unspecified atom stereocenters. The molecule has 3 aromatic rings. The zero-order valence-corrected chi connectivity index (χ0v) is 24.0. The number of nitrogens with one attached hydrogen (secondary N) is 1. The lowest BCUT2D eigenvalue weighted by atomic mass is 9.90. The molecule has 9 heteroatoms. The Hall–Kier alpha value is -2.56. The summed E-state index contributed by atoms with van der Waals surface area (Å²) in [4.78, 5) is 13.4. The molecule has 0 bridgehead atoms. The number of halogens is 1. The van der Waals surface area contributed by atoms with Gasteiger partial charge in [-0.1, -0.05) is 34.1 Å². The number of fused-ring (bicyclic) bond motifs is 2. The van der Waals surface area contributed by atoms with E-state index >= 15 is 0 Å². The summed E-state index contributed by atoms with van der Waals surface area (Å²) in [5, 5.41) is 12.9. The van der Waals surface area contributed by atoms with E-state index in [1.165, 1.54) is 0 Å². The van der Waals surface area contributed by atoms with Gasteiger partial charge in [0.05, 0.1) is 12.6 Å². The molecule has 200 valence electrons. The molecule has 38 heavy (non-hydrogen) atoms. The van der Waals surface area contributed by atoms with Gasteiger partial charge in [0.2, 0.25) is 6.79 Å². The van der Waals surface area contributed by atoms with Crippen molar-refractivity contribution in [2.24, 2.45) is 0 Å². The predicted molar refractivity (Wildman–Crippen MR) is 151 cm³/mol. The van der Waals surface area contributed by atoms with Crippen molar-refractivity contribution in [3.8, 4) is 22.6 Å². The van der Waals surface area contributed by atoms with E-state index in [9.17, 15) is 14.5 Å². The van der Waals surface area contributed by atoms with E-state index < -0.39 is 16.1 Å². The van der Waals surface area contributed by atoms with Crippen LogP contribution in [0.1, 0.15) is 60.3 Å². The van der Waals surface area contributed by atoms with E-state index in [0.29, 0.717) is 36.6 Å². The van der Waals surface area contributed by atoms with E-state index in [4.69, 9.17) is 9.47 Å². The molecule has 3 aromatic carbocycles. The Morgan fingerprint density at radius 1 is 1.13 bits per heavy atom. The van der Waals surface area contributed by atoms with Crippen molar-refractivity contribution < 1.29 is 23.9 Å². The summed E-state index contributed by atoms with van der Waals surface area (Å²) in [6, 6.07) is 17.2. The topological polar surface area (TPSA) is 94.1 Å². The average Bonchev–Trinajstić information content (AvgIpc) is 3.50. The molecule has 2 N–H and O–H groups in total. The smallest absolute Gasteiger partial charge is 0.251 e. The number of ether oxygens (including phenoxy) is 2. The highest BCUT2D eigenvalue weighted by molar-refractivity contribution is 9.10. The third-order valence-corrected chi connectivity index (χ3v) is 9.11. The second kappa shape index (κ2) is 10.9. The molecule has 2 heterocycles. The van der Waals surface area contributed by atoms with Crippen molar-refractivity contribution in [1.29, 1.82) is 0 Å². The number of rotatable bonds is 7.